The van der Waals surface area contributed by atoms with Gasteiger partial charge in [0.25, 0.3) is 0 Å². The summed E-state index contributed by atoms with van der Waals surface area (Å²) in [6, 6.07) is -5.37. The van der Waals surface area contributed by atoms with Crippen LogP contribution in [0.15, 0.2) is 4.99 Å². The van der Waals surface area contributed by atoms with E-state index in [9.17, 15) is 33.6 Å². The van der Waals surface area contributed by atoms with E-state index < -0.39 is 98.2 Å². The van der Waals surface area contributed by atoms with Crippen LogP contribution in [0.5, 0.6) is 0 Å². The van der Waals surface area contributed by atoms with Crippen molar-refractivity contribution < 1.29 is 48.9 Å². The second-order valence-electron chi connectivity index (χ2n) is 8.43. The SMILES string of the molecule is NC(N)=NCCC[C@H](NC(=O)CNC(=O)[C@@H](N)CS)C(=O)NCC(=O)N[C@@H](CCC(=O)O)C(=O)N[C@@H](CO)C(=O)O. The predicted molar refractivity (Wildman–Crippen MR) is 145 cm³/mol. The Morgan fingerprint density at radius 3 is 1.78 bits per heavy atom. The van der Waals surface area contributed by atoms with Gasteiger partial charge < -0.3 is 59.1 Å². The van der Waals surface area contributed by atoms with Crippen molar-refractivity contribution >= 4 is 60.1 Å². The number of aliphatic imine (C=N–C) groups is 1. The van der Waals surface area contributed by atoms with E-state index in [2.05, 4.69) is 38.9 Å². The lowest BCUT2D eigenvalue weighted by Gasteiger charge is -2.21. The second kappa shape index (κ2) is 19.8. The van der Waals surface area contributed by atoms with Crippen LogP contribution in [0, 0.1) is 0 Å². The minimum atomic E-state index is -1.70. The molecule has 0 bridgehead atoms. The van der Waals surface area contributed by atoms with Gasteiger partial charge in [0.05, 0.1) is 25.7 Å². The number of carbonyl (C=O) groups is 7. The highest BCUT2D eigenvalue weighted by Crippen LogP contribution is 2.01. The number of carboxylic acids is 2. The zero-order valence-electron chi connectivity index (χ0n) is 22.0. The Hall–Kier alpha value is -4.17. The third-order valence-corrected chi connectivity index (χ3v) is 5.47. The first-order valence-corrected chi connectivity index (χ1v) is 12.8. The van der Waals surface area contributed by atoms with Gasteiger partial charge in [-0.25, -0.2) is 4.79 Å². The van der Waals surface area contributed by atoms with Gasteiger partial charge in [-0.15, -0.1) is 0 Å². The van der Waals surface area contributed by atoms with E-state index in [0.29, 0.717) is 0 Å². The van der Waals surface area contributed by atoms with Gasteiger partial charge >= 0.3 is 11.9 Å². The van der Waals surface area contributed by atoms with Crippen molar-refractivity contribution in [3.63, 3.8) is 0 Å². The summed E-state index contributed by atoms with van der Waals surface area (Å²) in [6.07, 6.45) is -0.751. The first-order valence-electron chi connectivity index (χ1n) is 12.1. The molecule has 0 aliphatic rings. The number of nitrogens with zero attached hydrogens (tertiary/aromatic N) is 1. The van der Waals surface area contributed by atoms with Crippen LogP contribution < -0.4 is 43.8 Å². The number of carbonyl (C=O) groups excluding carboxylic acids is 5. The van der Waals surface area contributed by atoms with Gasteiger partial charge in [0.15, 0.2) is 5.96 Å². The maximum atomic E-state index is 12.7. The molecule has 20 heteroatoms. The van der Waals surface area contributed by atoms with Crippen molar-refractivity contribution in [2.24, 2.45) is 22.2 Å². The normalized spacial score (nSPS) is 13.3. The second-order valence-corrected chi connectivity index (χ2v) is 8.79. The molecule has 14 N–H and O–H groups in total. The van der Waals surface area contributed by atoms with Gasteiger partial charge in [-0.3, -0.25) is 33.8 Å². The van der Waals surface area contributed by atoms with Crippen molar-refractivity contribution in [3.8, 4) is 0 Å². The van der Waals surface area contributed by atoms with Gasteiger partial charge in [0.1, 0.15) is 18.1 Å². The van der Waals surface area contributed by atoms with Crippen LogP contribution in [0.4, 0.5) is 0 Å². The van der Waals surface area contributed by atoms with Gasteiger partial charge in [-0.1, -0.05) is 0 Å². The van der Waals surface area contributed by atoms with E-state index in [0.717, 1.165) is 0 Å². The van der Waals surface area contributed by atoms with Crippen LogP contribution >= 0.6 is 12.6 Å². The summed E-state index contributed by atoms with van der Waals surface area (Å²) in [6.45, 7) is -2.07. The molecule has 0 aliphatic heterocycles. The fraction of sp³-hybridized carbons (Fsp3) is 0.619. The summed E-state index contributed by atoms with van der Waals surface area (Å²) in [4.78, 5) is 87.4. The highest BCUT2D eigenvalue weighted by atomic mass is 32.1. The van der Waals surface area contributed by atoms with Crippen LogP contribution in [0.25, 0.3) is 0 Å². The minimum absolute atomic E-state index is 0.0153. The number of carboxylic acid groups (broad SMARTS) is 2. The Kier molecular flexibility index (Phi) is 17.8. The number of aliphatic hydroxyl groups is 1. The van der Waals surface area contributed by atoms with E-state index in [-0.39, 0.29) is 31.1 Å². The zero-order valence-corrected chi connectivity index (χ0v) is 22.9. The number of nitrogens with two attached hydrogens (primary N) is 3. The molecule has 4 atom stereocenters. The molecule has 0 spiro atoms. The number of amides is 5. The fourth-order valence-corrected chi connectivity index (χ4v) is 3.10. The number of aliphatic carboxylic acids is 2. The van der Waals surface area contributed by atoms with Crippen molar-refractivity contribution in [1.82, 2.24) is 26.6 Å². The summed E-state index contributed by atoms with van der Waals surface area (Å²) in [7, 11) is 0. The lowest BCUT2D eigenvalue weighted by Crippen LogP contribution is -2.55. The van der Waals surface area contributed by atoms with E-state index in [1.165, 1.54) is 0 Å². The molecule has 0 aromatic heterocycles. The molecule has 232 valence electrons. The Bertz CT molecular complexity index is 977. The van der Waals surface area contributed by atoms with Gasteiger partial charge in [-0.2, -0.15) is 12.6 Å². The summed E-state index contributed by atoms with van der Waals surface area (Å²) in [5.74, 6) is -7.26. The Labute approximate surface area is 239 Å². The standard InChI is InChI=1S/C21H37N9O10S/c22-10(9-41)17(36)26-6-14(32)28-11(2-1-5-25-21(23)24)18(37)27-7-15(33)29-12(3-4-16(34)35)19(38)30-13(8-31)20(39)40/h10-13,31,41H,1-9,22H2,(H,26,36)(H,27,37)(H,28,32)(H,29,33)(H,30,38)(H,34,35)(H,39,40)(H4,23,24,25)/t10-,11-,12-,13-/m0/s1. The van der Waals surface area contributed by atoms with Gasteiger partial charge in [0, 0.05) is 18.7 Å². The lowest BCUT2D eigenvalue weighted by molar-refractivity contribution is -0.144. The monoisotopic (exact) mass is 607 g/mol. The van der Waals surface area contributed by atoms with Gasteiger partial charge in [0.2, 0.25) is 29.5 Å². The Balaban J connectivity index is 5.29. The summed E-state index contributed by atoms with van der Waals surface area (Å²) < 4.78 is 0. The van der Waals surface area contributed by atoms with Crippen LogP contribution in [-0.2, 0) is 33.6 Å². The predicted octanol–water partition coefficient (Wildman–Crippen LogP) is -6.07. The molecule has 0 rings (SSSR count). The smallest absolute Gasteiger partial charge is 0.328 e. The molecule has 0 heterocycles. The van der Waals surface area contributed by atoms with Crippen LogP contribution in [0.2, 0.25) is 0 Å². The van der Waals surface area contributed by atoms with E-state index >= 15 is 0 Å². The first kappa shape index (κ1) is 36.8. The van der Waals surface area contributed by atoms with E-state index in [4.69, 9.17) is 32.5 Å². The molecule has 0 fully saturated rings. The van der Waals surface area contributed by atoms with Crippen molar-refractivity contribution in [3.05, 3.63) is 0 Å². The van der Waals surface area contributed by atoms with Crippen molar-refractivity contribution in [2.75, 3.05) is 32.0 Å². The molecule has 0 aliphatic carbocycles. The van der Waals surface area contributed by atoms with E-state index in [1.54, 1.807) is 0 Å². The number of thiol groups is 1. The summed E-state index contributed by atoms with van der Waals surface area (Å²) in [5, 5.41) is 38.1. The average Bonchev–Trinajstić information content (AvgIpc) is 2.91. The highest BCUT2D eigenvalue weighted by Gasteiger charge is 2.27. The zero-order chi connectivity index (χ0) is 31.5. The molecule has 0 aromatic carbocycles. The molecule has 19 nitrogen and oxygen atoms in total. The highest BCUT2D eigenvalue weighted by molar-refractivity contribution is 7.80. The number of nitrogens with one attached hydrogen (secondary N) is 5. The van der Waals surface area contributed by atoms with Crippen LogP contribution in [0.3, 0.4) is 0 Å². The third-order valence-electron chi connectivity index (χ3n) is 5.07. The first-order chi connectivity index (χ1) is 19.2. The Morgan fingerprint density at radius 2 is 1.32 bits per heavy atom. The number of hydrogen-bond donors (Lipinski definition) is 12. The van der Waals surface area contributed by atoms with Crippen LogP contribution in [-0.4, -0.2) is 119 Å². The number of hydrogen-bond acceptors (Lipinski definition) is 11. The molecular formula is C21H37N9O10S. The van der Waals surface area contributed by atoms with Crippen molar-refractivity contribution in [1.29, 1.82) is 0 Å². The maximum Gasteiger partial charge on any atom is 0.328 e. The molecule has 0 saturated heterocycles. The minimum Gasteiger partial charge on any atom is -0.481 e. The van der Waals surface area contributed by atoms with Crippen LogP contribution in [0.1, 0.15) is 25.7 Å². The lowest BCUT2D eigenvalue weighted by atomic mass is 10.1. The van der Waals surface area contributed by atoms with E-state index in [1.807, 2.05) is 5.32 Å². The fourth-order valence-electron chi connectivity index (χ4n) is 2.93. The molecule has 41 heavy (non-hydrogen) atoms. The molecule has 0 saturated carbocycles. The largest absolute Gasteiger partial charge is 0.481 e. The molecule has 0 unspecified atom stereocenters. The number of aliphatic hydroxyl groups excluding tert-OH is 1. The summed E-state index contributed by atoms with van der Waals surface area (Å²) in [5.41, 5.74) is 16.0. The molecule has 0 radical (unpaired) electrons. The number of rotatable bonds is 20. The number of guanidine groups is 1. The van der Waals surface area contributed by atoms with Crippen molar-refractivity contribution in [2.45, 2.75) is 49.9 Å². The summed E-state index contributed by atoms with van der Waals surface area (Å²) >= 11 is 3.88. The Morgan fingerprint density at radius 1 is 0.780 bits per heavy atom. The third kappa shape index (κ3) is 16.5. The maximum absolute atomic E-state index is 12.7. The molecular weight excluding hydrogens is 570 g/mol. The average molecular weight is 608 g/mol. The topological polar surface area (TPSA) is 331 Å². The molecule has 0 aromatic rings. The quantitative estimate of drug-likeness (QED) is 0.0266. The van der Waals surface area contributed by atoms with Gasteiger partial charge in [-0.05, 0) is 19.3 Å². The molecule has 5 amide bonds.